The molecule has 3 heterocycles. The third-order valence-electron chi connectivity index (χ3n) is 7.06. The number of anilines is 1. The highest BCUT2D eigenvalue weighted by molar-refractivity contribution is 6.50. The molecule has 0 aliphatic carbocycles. The van der Waals surface area contributed by atoms with Gasteiger partial charge in [0.2, 0.25) is 0 Å². The predicted molar refractivity (Wildman–Crippen MR) is 136 cm³/mol. The van der Waals surface area contributed by atoms with E-state index in [1.54, 1.807) is 48.5 Å². The van der Waals surface area contributed by atoms with Crippen LogP contribution in [-0.2, 0) is 26.3 Å². The Hall–Kier alpha value is -3.91. The third kappa shape index (κ3) is 3.28. The number of carbonyl (C=O) groups is 3. The van der Waals surface area contributed by atoms with Gasteiger partial charge < -0.3 is 24.5 Å². The first kappa shape index (κ1) is 23.8. The molecule has 0 aromatic heterocycles. The highest BCUT2D eigenvalue weighted by atomic mass is 16.5. The second-order valence-corrected chi connectivity index (χ2v) is 9.70. The number of hydrogen-bond acceptors (Lipinski definition) is 6. The number of amides is 2. The summed E-state index contributed by atoms with van der Waals surface area (Å²) in [5.41, 5.74) is 0.368. The molecule has 1 spiro atoms. The number of hydrogen-bond donors (Lipinski definition) is 1. The standard InChI is InChI=1S/C28H29N3O5/c1-5-12-30-21-9-7-6-8-20(21)28(27(30)35)23(25(33)26(34)31(28)14-13-29(3)4)24(32)18-10-11-22-19(16-18)15-17(2)36-22/h5-11,16-17,32H,1,12-15H2,2-4H3/b24-23-. The van der Waals surface area contributed by atoms with Crippen molar-refractivity contribution in [2.75, 3.05) is 38.6 Å². The molecule has 0 saturated carbocycles. The molecule has 1 saturated heterocycles. The Kier molecular flexibility index (Phi) is 5.71. The predicted octanol–water partition coefficient (Wildman–Crippen LogP) is 2.68. The number of carbonyl (C=O) groups excluding carboxylic acids is 3. The number of aliphatic hydroxyl groups is 1. The number of benzene rings is 2. The maximum Gasteiger partial charge on any atom is 0.296 e. The Balaban J connectivity index is 1.77. The lowest BCUT2D eigenvalue weighted by molar-refractivity contribution is -0.143. The maximum atomic E-state index is 14.3. The zero-order valence-electron chi connectivity index (χ0n) is 20.7. The number of fused-ring (bicyclic) bond motifs is 3. The van der Waals surface area contributed by atoms with E-state index in [1.807, 2.05) is 25.9 Å². The molecule has 2 aromatic carbocycles. The fourth-order valence-electron chi connectivity index (χ4n) is 5.49. The Labute approximate surface area is 210 Å². The number of likely N-dealkylation sites (N-methyl/N-ethyl adjacent to an activating group) is 1. The van der Waals surface area contributed by atoms with Crippen molar-refractivity contribution in [1.82, 2.24) is 9.80 Å². The van der Waals surface area contributed by atoms with Gasteiger partial charge in [-0.25, -0.2) is 0 Å². The van der Waals surface area contributed by atoms with Gasteiger partial charge in [0.25, 0.3) is 17.6 Å². The number of rotatable bonds is 6. The summed E-state index contributed by atoms with van der Waals surface area (Å²) in [6.07, 6.45) is 2.26. The highest BCUT2D eigenvalue weighted by Crippen LogP contribution is 2.53. The summed E-state index contributed by atoms with van der Waals surface area (Å²) >= 11 is 0. The molecule has 3 aliphatic heterocycles. The van der Waals surface area contributed by atoms with Crippen molar-refractivity contribution in [2.45, 2.75) is 25.0 Å². The summed E-state index contributed by atoms with van der Waals surface area (Å²) in [4.78, 5) is 46.0. The summed E-state index contributed by atoms with van der Waals surface area (Å²) in [5.74, 6) is -1.78. The number of aliphatic hydroxyl groups excluding tert-OH is 1. The van der Waals surface area contributed by atoms with Crippen LogP contribution in [0.15, 0.2) is 60.7 Å². The van der Waals surface area contributed by atoms with Gasteiger partial charge in [-0.15, -0.1) is 6.58 Å². The summed E-state index contributed by atoms with van der Waals surface area (Å²) < 4.78 is 5.77. The van der Waals surface area contributed by atoms with Gasteiger partial charge in [-0.3, -0.25) is 14.4 Å². The van der Waals surface area contributed by atoms with Crippen LogP contribution in [0.2, 0.25) is 0 Å². The van der Waals surface area contributed by atoms with E-state index in [0.717, 1.165) is 11.3 Å². The van der Waals surface area contributed by atoms with Gasteiger partial charge in [0, 0.05) is 37.2 Å². The molecule has 1 N–H and O–H groups in total. The largest absolute Gasteiger partial charge is 0.507 e. The first-order valence-corrected chi connectivity index (χ1v) is 12.0. The molecule has 0 bridgehead atoms. The Morgan fingerprint density at radius 1 is 1.22 bits per heavy atom. The van der Waals surface area contributed by atoms with Gasteiger partial charge in [-0.05, 0) is 50.8 Å². The minimum absolute atomic E-state index is 0.00310. The molecule has 36 heavy (non-hydrogen) atoms. The molecule has 2 atom stereocenters. The third-order valence-corrected chi connectivity index (χ3v) is 7.06. The molecule has 8 nitrogen and oxygen atoms in total. The maximum absolute atomic E-state index is 14.3. The van der Waals surface area contributed by atoms with Gasteiger partial charge in [-0.2, -0.15) is 0 Å². The summed E-state index contributed by atoms with van der Waals surface area (Å²) in [6.45, 7) is 6.49. The van der Waals surface area contributed by atoms with E-state index in [1.165, 1.54) is 9.80 Å². The van der Waals surface area contributed by atoms with Crippen molar-refractivity contribution in [3.05, 3.63) is 77.4 Å². The van der Waals surface area contributed by atoms with Gasteiger partial charge in [0.1, 0.15) is 17.6 Å². The topological polar surface area (TPSA) is 90.4 Å². The van der Waals surface area contributed by atoms with Crippen molar-refractivity contribution >= 4 is 29.0 Å². The van der Waals surface area contributed by atoms with Gasteiger partial charge in [-0.1, -0.05) is 24.3 Å². The molecule has 0 radical (unpaired) electrons. The zero-order chi connectivity index (χ0) is 25.8. The Morgan fingerprint density at radius 3 is 2.69 bits per heavy atom. The van der Waals surface area contributed by atoms with E-state index in [0.29, 0.717) is 29.8 Å². The first-order chi connectivity index (χ1) is 17.2. The fourth-order valence-corrected chi connectivity index (χ4v) is 5.49. The average molecular weight is 488 g/mol. The molecular formula is C28H29N3O5. The summed E-state index contributed by atoms with van der Waals surface area (Å²) in [6, 6.07) is 12.3. The lowest BCUT2D eigenvalue weighted by atomic mass is 9.81. The van der Waals surface area contributed by atoms with Crippen molar-refractivity contribution in [1.29, 1.82) is 0 Å². The molecule has 8 heteroatoms. The lowest BCUT2D eigenvalue weighted by Crippen LogP contribution is -2.53. The second-order valence-electron chi connectivity index (χ2n) is 9.70. The molecule has 186 valence electrons. The monoisotopic (exact) mass is 487 g/mol. The number of likely N-dealkylation sites (tertiary alicyclic amines) is 1. The zero-order valence-corrected chi connectivity index (χ0v) is 20.7. The van der Waals surface area contributed by atoms with Crippen LogP contribution < -0.4 is 9.64 Å². The van der Waals surface area contributed by atoms with Crippen molar-refractivity contribution in [2.24, 2.45) is 0 Å². The van der Waals surface area contributed by atoms with Gasteiger partial charge in [0.05, 0.1) is 11.3 Å². The SMILES string of the molecule is C=CCN1C(=O)C2(/C(=C(\O)c3ccc4c(c3)CC(C)O4)C(=O)C(=O)N2CCN(C)C)c2ccccc21. The van der Waals surface area contributed by atoms with Crippen LogP contribution in [-0.4, -0.2) is 72.3 Å². The first-order valence-electron chi connectivity index (χ1n) is 12.0. The second kappa shape index (κ2) is 8.64. The molecule has 2 amide bonds. The number of nitrogens with zero attached hydrogens (tertiary/aromatic N) is 3. The minimum Gasteiger partial charge on any atom is -0.507 e. The number of ketones is 1. The van der Waals surface area contributed by atoms with Gasteiger partial charge >= 0.3 is 0 Å². The number of ether oxygens (including phenoxy) is 1. The van der Waals surface area contributed by atoms with Crippen LogP contribution in [0, 0.1) is 0 Å². The van der Waals surface area contributed by atoms with Crippen LogP contribution in [0.4, 0.5) is 5.69 Å². The minimum atomic E-state index is -1.77. The van der Waals surface area contributed by atoms with Crippen molar-refractivity contribution < 1.29 is 24.2 Å². The van der Waals surface area contributed by atoms with Crippen LogP contribution in [0.1, 0.15) is 23.6 Å². The lowest BCUT2D eigenvalue weighted by Gasteiger charge is -2.35. The van der Waals surface area contributed by atoms with Crippen LogP contribution in [0.3, 0.4) is 0 Å². The highest BCUT2D eigenvalue weighted by Gasteiger charge is 2.66. The fraction of sp³-hybridized carbons (Fsp3) is 0.321. The molecule has 3 aliphatic rings. The quantitative estimate of drug-likeness (QED) is 0.292. The molecule has 5 rings (SSSR count). The number of Topliss-reactive ketones (excluding diaryl/α,β-unsaturated/α-hetero) is 1. The van der Waals surface area contributed by atoms with E-state index in [4.69, 9.17) is 4.74 Å². The molecule has 1 fully saturated rings. The van der Waals surface area contributed by atoms with Crippen LogP contribution in [0.25, 0.3) is 5.76 Å². The van der Waals surface area contributed by atoms with E-state index in [9.17, 15) is 19.5 Å². The van der Waals surface area contributed by atoms with E-state index < -0.39 is 23.1 Å². The van der Waals surface area contributed by atoms with Gasteiger partial charge in [0.15, 0.2) is 5.54 Å². The van der Waals surface area contributed by atoms with E-state index in [-0.39, 0.29) is 30.5 Å². The van der Waals surface area contributed by atoms with Crippen LogP contribution in [0.5, 0.6) is 5.75 Å². The number of para-hydroxylation sites is 1. The normalized spacial score (nSPS) is 24.0. The summed E-state index contributed by atoms with van der Waals surface area (Å²) in [7, 11) is 3.70. The van der Waals surface area contributed by atoms with E-state index in [2.05, 4.69) is 6.58 Å². The Morgan fingerprint density at radius 2 is 1.97 bits per heavy atom. The molecular weight excluding hydrogens is 458 g/mol. The summed E-state index contributed by atoms with van der Waals surface area (Å²) in [5, 5.41) is 11.6. The van der Waals surface area contributed by atoms with E-state index >= 15 is 0 Å². The van der Waals surface area contributed by atoms with Crippen molar-refractivity contribution in [3.63, 3.8) is 0 Å². The van der Waals surface area contributed by atoms with Crippen molar-refractivity contribution in [3.8, 4) is 5.75 Å². The molecule has 2 aromatic rings. The smallest absolute Gasteiger partial charge is 0.296 e. The Bertz CT molecular complexity index is 1330. The molecule has 2 unspecified atom stereocenters. The van der Waals surface area contributed by atoms with Crippen LogP contribution >= 0.6 is 0 Å². The average Bonchev–Trinajstić information content (AvgIpc) is 3.42.